The molecule has 1 N–H and O–H groups in total. The second kappa shape index (κ2) is 11.1. The molecule has 180 valence electrons. The normalized spacial score (nSPS) is 14.6. The Morgan fingerprint density at radius 1 is 1.06 bits per heavy atom. The fourth-order valence-electron chi connectivity index (χ4n) is 3.58. The Bertz CT molecular complexity index is 1340. The molecule has 8 nitrogen and oxygen atoms in total. The number of hydrogen-bond acceptors (Lipinski definition) is 7. The van der Waals surface area contributed by atoms with E-state index in [9.17, 15) is 17.6 Å². The van der Waals surface area contributed by atoms with Gasteiger partial charge in [-0.1, -0.05) is 11.8 Å². The lowest BCUT2D eigenvalue weighted by Crippen LogP contribution is -2.41. The number of benzene rings is 1. The molecule has 0 radical (unpaired) electrons. The van der Waals surface area contributed by atoms with E-state index in [4.69, 9.17) is 0 Å². The van der Waals surface area contributed by atoms with Crippen LogP contribution >= 0.6 is 0 Å². The molecular formula is C25H24FN5O3S. The number of aryl methyl sites for hydroxylation is 1. The largest absolute Gasteiger partial charge is 0.354 e. The number of rotatable bonds is 6. The Kier molecular flexibility index (Phi) is 7.67. The molecule has 3 heterocycles. The standard InChI is InChI=1S/C25H24FN5O3S/c26-23-7-4-19(5-8-23)3-6-21-14-22(17-30-24(21)31-10-12-35(33,34)13-11-31)25(32)29-9-1-2-20-15-27-18-28-16-20/h4-5,7-8,14-18H,1-2,9-13H2,(H,29,32). The van der Waals surface area contributed by atoms with Gasteiger partial charge >= 0.3 is 0 Å². The summed E-state index contributed by atoms with van der Waals surface area (Å²) in [5.41, 5.74) is 2.46. The van der Waals surface area contributed by atoms with E-state index in [1.165, 1.54) is 24.7 Å². The van der Waals surface area contributed by atoms with Gasteiger partial charge in [0, 0.05) is 43.8 Å². The summed E-state index contributed by atoms with van der Waals surface area (Å²) < 4.78 is 36.9. The minimum atomic E-state index is -3.06. The molecule has 0 unspecified atom stereocenters. The van der Waals surface area contributed by atoms with Crippen molar-refractivity contribution in [2.75, 3.05) is 36.0 Å². The highest BCUT2D eigenvalue weighted by molar-refractivity contribution is 7.91. The van der Waals surface area contributed by atoms with Crippen molar-refractivity contribution >= 4 is 21.6 Å². The minimum Gasteiger partial charge on any atom is -0.354 e. The molecule has 0 aliphatic carbocycles. The summed E-state index contributed by atoms with van der Waals surface area (Å²) in [6.07, 6.45) is 7.91. The number of pyridine rings is 1. The summed E-state index contributed by atoms with van der Waals surface area (Å²) in [6, 6.07) is 7.44. The molecule has 0 spiro atoms. The van der Waals surface area contributed by atoms with Crippen molar-refractivity contribution in [1.82, 2.24) is 20.3 Å². The molecule has 1 amide bonds. The van der Waals surface area contributed by atoms with Gasteiger partial charge in [-0.15, -0.1) is 0 Å². The van der Waals surface area contributed by atoms with Crippen LogP contribution in [0.5, 0.6) is 0 Å². The summed E-state index contributed by atoms with van der Waals surface area (Å²) >= 11 is 0. The number of aromatic nitrogens is 3. The molecule has 1 fully saturated rings. The van der Waals surface area contributed by atoms with Crippen molar-refractivity contribution in [3.8, 4) is 11.8 Å². The lowest BCUT2D eigenvalue weighted by molar-refractivity contribution is 0.0953. The van der Waals surface area contributed by atoms with Crippen LogP contribution in [0.4, 0.5) is 10.2 Å². The highest BCUT2D eigenvalue weighted by atomic mass is 32.2. The van der Waals surface area contributed by atoms with Crippen LogP contribution in [0.25, 0.3) is 0 Å². The fraction of sp³-hybridized carbons (Fsp3) is 0.280. The van der Waals surface area contributed by atoms with E-state index in [0.29, 0.717) is 42.1 Å². The van der Waals surface area contributed by atoms with Crippen molar-refractivity contribution in [2.45, 2.75) is 12.8 Å². The number of hydrogen-bond donors (Lipinski definition) is 1. The third-order valence-electron chi connectivity index (χ3n) is 5.50. The van der Waals surface area contributed by atoms with E-state index in [-0.39, 0.29) is 23.2 Å². The van der Waals surface area contributed by atoms with Gasteiger partial charge in [0.2, 0.25) is 0 Å². The Hall–Kier alpha value is -3.84. The number of sulfone groups is 1. The average Bonchev–Trinajstić information content (AvgIpc) is 2.87. The van der Waals surface area contributed by atoms with Crippen LogP contribution in [-0.2, 0) is 16.3 Å². The van der Waals surface area contributed by atoms with Crippen molar-refractivity contribution in [3.63, 3.8) is 0 Å². The third-order valence-corrected chi connectivity index (χ3v) is 7.11. The first-order chi connectivity index (χ1) is 16.9. The first kappa shape index (κ1) is 24.3. The van der Waals surface area contributed by atoms with Gasteiger partial charge in [0.1, 0.15) is 18.0 Å². The lowest BCUT2D eigenvalue weighted by atomic mass is 10.1. The molecule has 3 aromatic rings. The quantitative estimate of drug-likeness (QED) is 0.414. The smallest absolute Gasteiger partial charge is 0.252 e. The van der Waals surface area contributed by atoms with E-state index in [1.807, 2.05) is 4.90 Å². The second-order valence-corrected chi connectivity index (χ2v) is 10.4. The van der Waals surface area contributed by atoms with Crippen molar-refractivity contribution in [3.05, 3.63) is 83.3 Å². The molecule has 1 saturated heterocycles. The second-order valence-electron chi connectivity index (χ2n) is 8.10. The fourth-order valence-corrected chi connectivity index (χ4v) is 4.78. The van der Waals surface area contributed by atoms with Gasteiger partial charge < -0.3 is 10.2 Å². The Balaban J connectivity index is 1.50. The van der Waals surface area contributed by atoms with Gasteiger partial charge in [-0.3, -0.25) is 4.79 Å². The molecule has 10 heteroatoms. The molecule has 1 aliphatic rings. The molecule has 2 aromatic heterocycles. The monoisotopic (exact) mass is 493 g/mol. The molecular weight excluding hydrogens is 469 g/mol. The van der Waals surface area contributed by atoms with Crippen LogP contribution in [0.2, 0.25) is 0 Å². The topological polar surface area (TPSA) is 105 Å². The predicted molar refractivity (Wildman–Crippen MR) is 130 cm³/mol. The molecule has 1 aliphatic heterocycles. The maximum absolute atomic E-state index is 13.2. The minimum absolute atomic E-state index is 0.0359. The van der Waals surface area contributed by atoms with E-state index >= 15 is 0 Å². The molecule has 0 bridgehead atoms. The number of anilines is 1. The first-order valence-corrected chi connectivity index (χ1v) is 13.0. The number of carbonyl (C=O) groups excluding carboxylic acids is 1. The Morgan fingerprint density at radius 2 is 1.77 bits per heavy atom. The number of amides is 1. The molecule has 1 aromatic carbocycles. The average molecular weight is 494 g/mol. The predicted octanol–water partition coefficient (Wildman–Crippen LogP) is 2.01. The number of nitrogens with one attached hydrogen (secondary N) is 1. The van der Waals surface area contributed by atoms with Gasteiger partial charge in [-0.25, -0.2) is 27.8 Å². The van der Waals surface area contributed by atoms with Crippen LogP contribution in [0, 0.1) is 17.7 Å². The summed E-state index contributed by atoms with van der Waals surface area (Å²) in [6.45, 7) is 1.07. The van der Waals surface area contributed by atoms with Crippen LogP contribution in [-0.4, -0.2) is 60.4 Å². The number of carbonyl (C=O) groups is 1. The van der Waals surface area contributed by atoms with Crippen molar-refractivity contribution < 1.29 is 17.6 Å². The van der Waals surface area contributed by atoms with E-state index in [2.05, 4.69) is 32.1 Å². The molecule has 0 saturated carbocycles. The Labute approximate surface area is 203 Å². The van der Waals surface area contributed by atoms with Gasteiger partial charge in [0.05, 0.1) is 22.6 Å². The van der Waals surface area contributed by atoms with Crippen molar-refractivity contribution in [2.24, 2.45) is 0 Å². The van der Waals surface area contributed by atoms with Gasteiger partial charge in [-0.05, 0) is 48.7 Å². The maximum atomic E-state index is 13.2. The molecule has 35 heavy (non-hydrogen) atoms. The summed E-state index contributed by atoms with van der Waals surface area (Å²) in [7, 11) is -3.06. The zero-order valence-corrected chi connectivity index (χ0v) is 19.8. The number of nitrogens with zero attached hydrogens (tertiary/aromatic N) is 4. The highest BCUT2D eigenvalue weighted by Gasteiger charge is 2.24. The summed E-state index contributed by atoms with van der Waals surface area (Å²) in [5, 5.41) is 2.88. The van der Waals surface area contributed by atoms with Crippen LogP contribution in [0.3, 0.4) is 0 Å². The van der Waals surface area contributed by atoms with E-state index < -0.39 is 9.84 Å². The van der Waals surface area contributed by atoms with Gasteiger partial charge in [-0.2, -0.15) is 0 Å². The van der Waals surface area contributed by atoms with Gasteiger partial charge in [0.15, 0.2) is 9.84 Å². The van der Waals surface area contributed by atoms with Crippen molar-refractivity contribution in [1.29, 1.82) is 0 Å². The summed E-state index contributed by atoms with van der Waals surface area (Å²) in [5.74, 6) is 5.97. The van der Waals surface area contributed by atoms with E-state index in [1.54, 1.807) is 30.6 Å². The van der Waals surface area contributed by atoms with E-state index in [0.717, 1.165) is 18.4 Å². The summed E-state index contributed by atoms with van der Waals surface area (Å²) in [4.78, 5) is 27.0. The van der Waals surface area contributed by atoms with Crippen LogP contribution in [0.1, 0.15) is 33.5 Å². The van der Waals surface area contributed by atoms with Gasteiger partial charge in [0.25, 0.3) is 5.91 Å². The zero-order chi connectivity index (χ0) is 24.7. The maximum Gasteiger partial charge on any atom is 0.252 e. The lowest BCUT2D eigenvalue weighted by Gasteiger charge is -2.28. The molecule has 0 atom stereocenters. The SMILES string of the molecule is O=C(NCCCc1cncnc1)c1cnc(N2CCS(=O)(=O)CC2)c(C#Cc2ccc(F)cc2)c1. The Morgan fingerprint density at radius 3 is 2.49 bits per heavy atom. The zero-order valence-electron chi connectivity index (χ0n) is 18.9. The van der Waals surface area contributed by atoms with Crippen LogP contribution in [0.15, 0.2) is 55.2 Å². The third kappa shape index (κ3) is 6.83. The number of halogens is 1. The first-order valence-electron chi connectivity index (χ1n) is 11.1. The highest BCUT2D eigenvalue weighted by Crippen LogP contribution is 2.21. The van der Waals surface area contributed by atoms with Crippen LogP contribution < -0.4 is 10.2 Å². The molecule has 4 rings (SSSR count).